The van der Waals surface area contributed by atoms with Crippen molar-refractivity contribution in [2.45, 2.75) is 58.2 Å². The Morgan fingerprint density at radius 3 is 2.64 bits per heavy atom. The molecule has 1 aliphatic carbocycles. The molecule has 0 radical (unpaired) electrons. The second-order valence-electron chi connectivity index (χ2n) is 4.70. The summed E-state index contributed by atoms with van der Waals surface area (Å²) in [4.78, 5) is 0. The summed E-state index contributed by atoms with van der Waals surface area (Å²) in [7, 11) is 1.70. The molecule has 4 atom stereocenters. The van der Waals surface area contributed by atoms with Crippen molar-refractivity contribution in [1.82, 2.24) is 0 Å². The highest BCUT2D eigenvalue weighted by atomic mass is 16.5. The maximum Gasteiger partial charge on any atom is 0.0830 e. The molecule has 0 heterocycles. The molecule has 0 aromatic rings. The number of hydrogen-bond donors (Lipinski definition) is 1. The lowest BCUT2D eigenvalue weighted by Crippen LogP contribution is -2.36. The Bertz CT molecular complexity index is 154. The molecule has 0 aromatic heterocycles. The van der Waals surface area contributed by atoms with Gasteiger partial charge in [0.25, 0.3) is 0 Å². The highest BCUT2D eigenvalue weighted by molar-refractivity contribution is 4.80. The van der Waals surface area contributed by atoms with Crippen molar-refractivity contribution in [3.8, 4) is 0 Å². The van der Waals surface area contributed by atoms with E-state index < -0.39 is 0 Å². The molecule has 0 saturated heterocycles. The van der Waals surface area contributed by atoms with Crippen LogP contribution in [0, 0.1) is 11.8 Å². The van der Waals surface area contributed by atoms with Gasteiger partial charge in [-0.25, -0.2) is 0 Å². The number of aliphatic hydroxyl groups excluding tert-OH is 1. The van der Waals surface area contributed by atoms with Gasteiger partial charge in [-0.3, -0.25) is 0 Å². The van der Waals surface area contributed by atoms with Crippen LogP contribution < -0.4 is 0 Å². The molecule has 2 nitrogen and oxygen atoms in total. The minimum absolute atomic E-state index is 0.0327. The molecule has 1 N–H and O–H groups in total. The van der Waals surface area contributed by atoms with Crippen molar-refractivity contribution in [2.24, 2.45) is 11.8 Å². The highest BCUT2D eigenvalue weighted by Crippen LogP contribution is 2.32. The third-order valence-electron chi connectivity index (χ3n) is 3.55. The summed E-state index contributed by atoms with van der Waals surface area (Å²) in [5.74, 6) is 1.24. The molecule has 0 aromatic carbocycles. The van der Waals surface area contributed by atoms with Gasteiger partial charge in [0, 0.05) is 7.11 Å². The molecule has 0 bridgehead atoms. The van der Waals surface area contributed by atoms with Gasteiger partial charge in [-0.15, -0.1) is 0 Å². The van der Waals surface area contributed by atoms with Crippen molar-refractivity contribution in [3.05, 3.63) is 0 Å². The van der Waals surface area contributed by atoms with Crippen LogP contribution in [-0.4, -0.2) is 24.4 Å². The Hall–Kier alpha value is -0.0800. The number of methoxy groups -OCH3 is 1. The molecule has 84 valence electrons. The van der Waals surface area contributed by atoms with Crippen LogP contribution in [0.3, 0.4) is 0 Å². The molecule has 1 fully saturated rings. The van der Waals surface area contributed by atoms with Crippen molar-refractivity contribution in [2.75, 3.05) is 7.11 Å². The largest absolute Gasteiger partial charge is 0.390 e. The number of ether oxygens (including phenoxy) is 1. The molecule has 0 spiro atoms. The zero-order valence-electron chi connectivity index (χ0n) is 9.70. The predicted molar refractivity (Wildman–Crippen MR) is 58.2 cm³/mol. The molecular formula is C12H24O2. The summed E-state index contributed by atoms with van der Waals surface area (Å²) >= 11 is 0. The monoisotopic (exact) mass is 200 g/mol. The summed E-state index contributed by atoms with van der Waals surface area (Å²) in [6, 6.07) is 0. The van der Waals surface area contributed by atoms with E-state index in [4.69, 9.17) is 4.74 Å². The van der Waals surface area contributed by atoms with Gasteiger partial charge in [0.05, 0.1) is 12.2 Å². The van der Waals surface area contributed by atoms with Crippen molar-refractivity contribution in [1.29, 1.82) is 0 Å². The molecule has 0 amide bonds. The van der Waals surface area contributed by atoms with Gasteiger partial charge in [0.2, 0.25) is 0 Å². The van der Waals surface area contributed by atoms with Crippen molar-refractivity contribution < 1.29 is 9.84 Å². The van der Waals surface area contributed by atoms with Gasteiger partial charge in [0.1, 0.15) is 0 Å². The van der Waals surface area contributed by atoms with E-state index in [-0.39, 0.29) is 12.2 Å². The molecule has 0 aliphatic heterocycles. The minimum Gasteiger partial charge on any atom is -0.390 e. The zero-order chi connectivity index (χ0) is 10.6. The lowest BCUT2D eigenvalue weighted by atomic mass is 9.78. The standard InChI is InChI=1S/C12H24O2/c1-4-11(14-3)12(13)10-7-5-6-9(2)8-10/h9-13H,4-8H2,1-3H3. The maximum absolute atomic E-state index is 10.1. The Balaban J connectivity index is 2.45. The minimum atomic E-state index is -0.257. The summed E-state index contributed by atoms with van der Waals surface area (Å²) in [6.07, 6.45) is 5.61. The first-order valence-electron chi connectivity index (χ1n) is 5.89. The molecule has 1 rings (SSSR count). The Morgan fingerprint density at radius 1 is 1.43 bits per heavy atom. The van der Waals surface area contributed by atoms with Crippen LogP contribution in [0.5, 0.6) is 0 Å². The molecule has 2 heteroatoms. The smallest absolute Gasteiger partial charge is 0.0830 e. The first-order valence-corrected chi connectivity index (χ1v) is 5.89. The topological polar surface area (TPSA) is 29.5 Å². The highest BCUT2D eigenvalue weighted by Gasteiger charge is 2.29. The van der Waals surface area contributed by atoms with Crippen LogP contribution in [0.2, 0.25) is 0 Å². The second kappa shape index (κ2) is 5.72. The fraction of sp³-hybridized carbons (Fsp3) is 1.00. The van der Waals surface area contributed by atoms with Crippen molar-refractivity contribution >= 4 is 0 Å². The van der Waals surface area contributed by atoms with Gasteiger partial charge in [-0.05, 0) is 31.1 Å². The van der Waals surface area contributed by atoms with Crippen LogP contribution in [0.4, 0.5) is 0 Å². The third kappa shape index (κ3) is 2.96. The number of aliphatic hydroxyl groups is 1. The van der Waals surface area contributed by atoms with Gasteiger partial charge < -0.3 is 9.84 Å². The summed E-state index contributed by atoms with van der Waals surface area (Å²) in [5, 5.41) is 10.1. The fourth-order valence-electron chi connectivity index (χ4n) is 2.64. The lowest BCUT2D eigenvalue weighted by molar-refractivity contribution is -0.0544. The first kappa shape index (κ1) is 12.0. The van der Waals surface area contributed by atoms with E-state index in [0.29, 0.717) is 5.92 Å². The van der Waals surface area contributed by atoms with Crippen LogP contribution in [-0.2, 0) is 4.74 Å². The molecular weight excluding hydrogens is 176 g/mol. The van der Waals surface area contributed by atoms with E-state index in [9.17, 15) is 5.11 Å². The van der Waals surface area contributed by atoms with Crippen LogP contribution in [0.15, 0.2) is 0 Å². The van der Waals surface area contributed by atoms with Gasteiger partial charge in [-0.1, -0.05) is 26.7 Å². The average Bonchev–Trinajstić information content (AvgIpc) is 2.19. The summed E-state index contributed by atoms with van der Waals surface area (Å²) < 4.78 is 5.30. The van der Waals surface area contributed by atoms with Crippen LogP contribution >= 0.6 is 0 Å². The molecule has 1 saturated carbocycles. The van der Waals surface area contributed by atoms with Crippen LogP contribution in [0.1, 0.15) is 46.0 Å². The van der Waals surface area contributed by atoms with E-state index >= 15 is 0 Å². The molecule has 14 heavy (non-hydrogen) atoms. The predicted octanol–water partition coefficient (Wildman–Crippen LogP) is 2.60. The van der Waals surface area contributed by atoms with Crippen molar-refractivity contribution in [3.63, 3.8) is 0 Å². The number of hydrogen-bond acceptors (Lipinski definition) is 2. The van der Waals surface area contributed by atoms with E-state index in [0.717, 1.165) is 12.3 Å². The second-order valence-corrected chi connectivity index (χ2v) is 4.70. The fourth-order valence-corrected chi connectivity index (χ4v) is 2.64. The van der Waals surface area contributed by atoms with E-state index in [1.54, 1.807) is 7.11 Å². The van der Waals surface area contributed by atoms with Gasteiger partial charge >= 0.3 is 0 Å². The average molecular weight is 200 g/mol. The maximum atomic E-state index is 10.1. The van der Waals surface area contributed by atoms with E-state index in [1.807, 2.05) is 0 Å². The van der Waals surface area contributed by atoms with Gasteiger partial charge in [-0.2, -0.15) is 0 Å². The van der Waals surface area contributed by atoms with E-state index in [2.05, 4.69) is 13.8 Å². The van der Waals surface area contributed by atoms with Gasteiger partial charge in [0.15, 0.2) is 0 Å². The summed E-state index contributed by atoms with van der Waals surface area (Å²) in [5.41, 5.74) is 0. The lowest BCUT2D eigenvalue weighted by Gasteiger charge is -2.33. The Kier molecular flexibility index (Phi) is 4.90. The molecule has 1 aliphatic rings. The number of rotatable bonds is 4. The molecule has 4 unspecified atom stereocenters. The SMILES string of the molecule is CCC(OC)C(O)C1CCCC(C)C1. The summed E-state index contributed by atoms with van der Waals surface area (Å²) in [6.45, 7) is 4.36. The third-order valence-corrected chi connectivity index (χ3v) is 3.55. The zero-order valence-corrected chi connectivity index (χ0v) is 9.70. The quantitative estimate of drug-likeness (QED) is 0.756. The van der Waals surface area contributed by atoms with E-state index in [1.165, 1.54) is 25.7 Å². The normalized spacial score (nSPS) is 32.6. The first-order chi connectivity index (χ1) is 6.69. The Morgan fingerprint density at radius 2 is 2.14 bits per heavy atom. The Labute approximate surface area is 87.7 Å². The van der Waals surface area contributed by atoms with Crippen LogP contribution in [0.25, 0.3) is 0 Å².